The van der Waals surface area contributed by atoms with E-state index in [0.29, 0.717) is 6.04 Å². The summed E-state index contributed by atoms with van der Waals surface area (Å²) in [6, 6.07) is 7.13. The maximum atomic E-state index is 5.75. The van der Waals surface area contributed by atoms with E-state index < -0.39 is 0 Å². The van der Waals surface area contributed by atoms with Crippen LogP contribution in [0.5, 0.6) is 0 Å². The van der Waals surface area contributed by atoms with E-state index in [0.717, 1.165) is 25.9 Å². The largest absolute Gasteiger partial charge is 0.328 e. The molecule has 3 N–H and O–H groups in total. The molecule has 1 rings (SSSR count). The smallest absolute Gasteiger partial charge is 0.0208 e. The maximum Gasteiger partial charge on any atom is 0.0208 e. The van der Waals surface area contributed by atoms with Gasteiger partial charge >= 0.3 is 0 Å². The number of nitrogens with two attached hydrogens (primary N) is 1. The second-order valence-corrected chi connectivity index (χ2v) is 6.69. The molecule has 0 aliphatic heterocycles. The second-order valence-electron chi connectivity index (χ2n) is 6.69. The van der Waals surface area contributed by atoms with Crippen molar-refractivity contribution in [1.82, 2.24) is 5.32 Å². The topological polar surface area (TPSA) is 38.0 Å². The Hall–Kier alpha value is -0.860. The number of rotatable bonds is 6. The van der Waals surface area contributed by atoms with Crippen LogP contribution in [0.2, 0.25) is 0 Å². The van der Waals surface area contributed by atoms with Crippen LogP contribution in [-0.2, 0) is 12.0 Å². The molecule has 0 saturated heterocycles. The van der Waals surface area contributed by atoms with Crippen LogP contribution in [-0.4, -0.2) is 12.6 Å². The van der Waals surface area contributed by atoms with Gasteiger partial charge < -0.3 is 11.1 Å². The van der Waals surface area contributed by atoms with Crippen LogP contribution >= 0.6 is 0 Å². The molecule has 108 valence electrons. The molecule has 2 nitrogen and oxygen atoms in total. The number of benzene rings is 1. The molecule has 0 radical (unpaired) electrons. The Morgan fingerprint density at radius 2 is 1.95 bits per heavy atom. The zero-order valence-electron chi connectivity index (χ0n) is 13.2. The number of hydrogen-bond donors (Lipinski definition) is 2. The van der Waals surface area contributed by atoms with Gasteiger partial charge in [0, 0.05) is 12.6 Å². The van der Waals surface area contributed by atoms with Gasteiger partial charge in [0.1, 0.15) is 0 Å². The Bertz CT molecular complexity index is 389. The first kappa shape index (κ1) is 16.2. The van der Waals surface area contributed by atoms with Crippen molar-refractivity contribution in [3.05, 3.63) is 34.9 Å². The summed E-state index contributed by atoms with van der Waals surface area (Å²) in [5.74, 6) is 0. The van der Waals surface area contributed by atoms with E-state index in [9.17, 15) is 0 Å². The molecule has 0 spiro atoms. The standard InChI is InChI=1S/C17H30N2/c1-13-8-9-16(17(3,4)5)11-15(13)12-19-10-6-7-14(2)18/h8-9,11,14,19H,6-7,10,12,18H2,1-5H3. The van der Waals surface area contributed by atoms with Crippen LogP contribution in [0.1, 0.15) is 57.2 Å². The van der Waals surface area contributed by atoms with Crippen LogP contribution in [0.4, 0.5) is 0 Å². The van der Waals surface area contributed by atoms with Gasteiger partial charge in [-0.3, -0.25) is 0 Å². The number of nitrogens with one attached hydrogen (secondary N) is 1. The Labute approximate surface area is 118 Å². The fourth-order valence-corrected chi connectivity index (χ4v) is 2.10. The van der Waals surface area contributed by atoms with Crippen molar-refractivity contribution in [2.24, 2.45) is 5.73 Å². The van der Waals surface area contributed by atoms with E-state index in [-0.39, 0.29) is 5.41 Å². The van der Waals surface area contributed by atoms with Gasteiger partial charge in [0.25, 0.3) is 0 Å². The Morgan fingerprint density at radius 3 is 2.53 bits per heavy atom. The Kier molecular flexibility index (Phi) is 6.02. The number of aryl methyl sites for hydroxylation is 1. The maximum absolute atomic E-state index is 5.75. The third kappa shape index (κ3) is 5.75. The third-order valence-corrected chi connectivity index (χ3v) is 3.54. The van der Waals surface area contributed by atoms with Crippen LogP contribution in [0.15, 0.2) is 18.2 Å². The minimum Gasteiger partial charge on any atom is -0.328 e. The zero-order chi connectivity index (χ0) is 14.5. The predicted molar refractivity (Wildman–Crippen MR) is 84.5 cm³/mol. The highest BCUT2D eigenvalue weighted by molar-refractivity contribution is 5.34. The van der Waals surface area contributed by atoms with E-state index in [4.69, 9.17) is 5.73 Å². The van der Waals surface area contributed by atoms with Crippen molar-refractivity contribution in [3.63, 3.8) is 0 Å². The lowest BCUT2D eigenvalue weighted by molar-refractivity contribution is 0.570. The summed E-state index contributed by atoms with van der Waals surface area (Å²) >= 11 is 0. The van der Waals surface area contributed by atoms with Crippen molar-refractivity contribution in [1.29, 1.82) is 0 Å². The highest BCUT2D eigenvalue weighted by Gasteiger charge is 2.14. The first-order chi connectivity index (χ1) is 8.80. The normalized spacial score (nSPS) is 13.6. The van der Waals surface area contributed by atoms with Crippen LogP contribution in [0.3, 0.4) is 0 Å². The minimum atomic E-state index is 0.220. The lowest BCUT2D eigenvalue weighted by Gasteiger charge is -2.21. The molecular weight excluding hydrogens is 232 g/mol. The molecule has 0 aliphatic carbocycles. The van der Waals surface area contributed by atoms with E-state index in [1.54, 1.807) is 0 Å². The molecule has 19 heavy (non-hydrogen) atoms. The SMILES string of the molecule is Cc1ccc(C(C)(C)C)cc1CNCCCC(C)N. The average molecular weight is 262 g/mol. The second kappa shape index (κ2) is 7.06. The van der Waals surface area contributed by atoms with E-state index in [1.807, 2.05) is 0 Å². The van der Waals surface area contributed by atoms with Gasteiger partial charge in [-0.15, -0.1) is 0 Å². The van der Waals surface area contributed by atoms with Crippen molar-refractivity contribution in [2.45, 2.75) is 65.5 Å². The number of hydrogen-bond acceptors (Lipinski definition) is 2. The van der Waals surface area contributed by atoms with Gasteiger partial charge in [-0.25, -0.2) is 0 Å². The van der Waals surface area contributed by atoms with E-state index in [2.05, 4.69) is 58.1 Å². The van der Waals surface area contributed by atoms with E-state index >= 15 is 0 Å². The molecule has 0 bridgehead atoms. The van der Waals surface area contributed by atoms with Crippen LogP contribution in [0.25, 0.3) is 0 Å². The van der Waals surface area contributed by atoms with Gasteiger partial charge in [0.15, 0.2) is 0 Å². The van der Waals surface area contributed by atoms with Gasteiger partial charge in [0.2, 0.25) is 0 Å². The zero-order valence-corrected chi connectivity index (χ0v) is 13.2. The molecule has 1 aromatic rings. The molecule has 0 aliphatic rings. The summed E-state index contributed by atoms with van der Waals surface area (Å²) < 4.78 is 0. The van der Waals surface area contributed by atoms with Crippen molar-refractivity contribution >= 4 is 0 Å². The fourth-order valence-electron chi connectivity index (χ4n) is 2.10. The van der Waals surface area contributed by atoms with Crippen molar-refractivity contribution < 1.29 is 0 Å². The Morgan fingerprint density at radius 1 is 1.26 bits per heavy atom. The highest BCUT2D eigenvalue weighted by Crippen LogP contribution is 2.24. The predicted octanol–water partition coefficient (Wildman–Crippen LogP) is 3.51. The molecule has 0 aromatic heterocycles. The molecule has 0 amide bonds. The van der Waals surface area contributed by atoms with Crippen molar-refractivity contribution in [2.75, 3.05) is 6.54 Å². The first-order valence-electron chi connectivity index (χ1n) is 7.37. The lowest BCUT2D eigenvalue weighted by Crippen LogP contribution is -2.20. The van der Waals surface area contributed by atoms with Crippen LogP contribution in [0, 0.1) is 6.92 Å². The fraction of sp³-hybridized carbons (Fsp3) is 0.647. The van der Waals surface area contributed by atoms with Gasteiger partial charge in [-0.1, -0.05) is 39.0 Å². The summed E-state index contributed by atoms with van der Waals surface area (Å²) in [6.07, 6.45) is 2.24. The molecule has 0 fully saturated rings. The van der Waals surface area contributed by atoms with Gasteiger partial charge in [-0.2, -0.15) is 0 Å². The average Bonchev–Trinajstić information content (AvgIpc) is 2.29. The molecule has 2 heteroatoms. The quantitative estimate of drug-likeness (QED) is 0.770. The molecular formula is C17H30N2. The molecule has 1 unspecified atom stereocenters. The first-order valence-corrected chi connectivity index (χ1v) is 7.37. The molecule has 0 heterocycles. The van der Waals surface area contributed by atoms with Crippen LogP contribution < -0.4 is 11.1 Å². The summed E-state index contributed by atoms with van der Waals surface area (Å²) in [7, 11) is 0. The minimum absolute atomic E-state index is 0.220. The summed E-state index contributed by atoms with van der Waals surface area (Å²) in [5, 5.41) is 3.52. The molecule has 1 aromatic carbocycles. The monoisotopic (exact) mass is 262 g/mol. The summed E-state index contributed by atoms with van der Waals surface area (Å²) in [6.45, 7) is 13.0. The summed E-state index contributed by atoms with van der Waals surface area (Å²) in [4.78, 5) is 0. The summed E-state index contributed by atoms with van der Waals surface area (Å²) in [5.41, 5.74) is 10.2. The Balaban J connectivity index is 2.53. The van der Waals surface area contributed by atoms with Gasteiger partial charge in [0.05, 0.1) is 0 Å². The van der Waals surface area contributed by atoms with E-state index in [1.165, 1.54) is 16.7 Å². The van der Waals surface area contributed by atoms with Crippen molar-refractivity contribution in [3.8, 4) is 0 Å². The molecule has 0 saturated carbocycles. The lowest BCUT2D eigenvalue weighted by atomic mass is 9.85. The van der Waals surface area contributed by atoms with Gasteiger partial charge in [-0.05, 0) is 55.3 Å². The molecule has 1 atom stereocenters. The highest BCUT2D eigenvalue weighted by atomic mass is 14.8. The third-order valence-electron chi connectivity index (χ3n) is 3.54.